The highest BCUT2D eigenvalue weighted by Crippen LogP contribution is 2.45. The molecule has 0 spiro atoms. The van der Waals surface area contributed by atoms with Crippen LogP contribution in [0.2, 0.25) is 0 Å². The minimum atomic E-state index is -5.00. The van der Waals surface area contributed by atoms with E-state index in [9.17, 15) is 43.2 Å². The number of esters is 4. The average molecular weight is 1420 g/mol. The fourth-order valence-corrected chi connectivity index (χ4v) is 11.0. The van der Waals surface area contributed by atoms with Crippen LogP contribution in [0, 0.1) is 0 Å². The van der Waals surface area contributed by atoms with Crippen molar-refractivity contribution in [3.8, 4) is 0 Å². The van der Waals surface area contributed by atoms with E-state index in [-0.39, 0.29) is 25.7 Å². The number of rotatable bonds is 69. The maximum atomic E-state index is 13.1. The van der Waals surface area contributed by atoms with Crippen molar-refractivity contribution in [1.29, 1.82) is 0 Å². The number of ether oxygens (including phenoxy) is 4. The predicted molar refractivity (Wildman–Crippen MR) is 399 cm³/mol. The Morgan fingerprint density at radius 1 is 0.296 bits per heavy atom. The van der Waals surface area contributed by atoms with Crippen molar-refractivity contribution in [3.63, 3.8) is 0 Å². The number of aliphatic hydroxyl groups excluding tert-OH is 1. The van der Waals surface area contributed by atoms with Gasteiger partial charge < -0.3 is 33.8 Å². The number of phosphoric ester groups is 2. The quantitative estimate of drug-likeness (QED) is 0.0169. The van der Waals surface area contributed by atoms with Gasteiger partial charge in [-0.25, -0.2) is 9.13 Å². The summed E-state index contributed by atoms with van der Waals surface area (Å²) in [5.74, 6) is -2.29. The second-order valence-corrected chi connectivity index (χ2v) is 27.4. The lowest BCUT2D eigenvalue weighted by molar-refractivity contribution is -0.161. The summed E-state index contributed by atoms with van der Waals surface area (Å²) in [6.45, 7) is 4.45. The summed E-state index contributed by atoms with van der Waals surface area (Å²) in [5, 5.41) is 10.6. The van der Waals surface area contributed by atoms with Gasteiger partial charge in [0.15, 0.2) is 12.2 Å². The predicted octanol–water partition coefficient (Wildman–Crippen LogP) is 21.3. The molecule has 560 valence electrons. The van der Waals surface area contributed by atoms with Crippen molar-refractivity contribution in [2.75, 3.05) is 39.6 Å². The van der Waals surface area contributed by atoms with Crippen LogP contribution in [0.5, 0.6) is 0 Å². The van der Waals surface area contributed by atoms with Crippen LogP contribution in [0.15, 0.2) is 134 Å². The Morgan fingerprint density at radius 2 is 0.561 bits per heavy atom. The van der Waals surface area contributed by atoms with Crippen LogP contribution < -0.4 is 0 Å². The fraction of sp³-hybridized carbons (Fsp3) is 0.671. The second-order valence-electron chi connectivity index (χ2n) is 24.5. The lowest BCUT2D eigenvalue weighted by Crippen LogP contribution is -2.30. The largest absolute Gasteiger partial charge is 0.472 e. The molecule has 0 bridgehead atoms. The zero-order valence-electron chi connectivity index (χ0n) is 60.9. The van der Waals surface area contributed by atoms with Crippen LogP contribution in [0.4, 0.5) is 0 Å². The van der Waals surface area contributed by atoms with Gasteiger partial charge in [-0.05, 0) is 128 Å². The second kappa shape index (κ2) is 70.6. The molecule has 3 N–H and O–H groups in total. The molecule has 0 radical (unpaired) electrons. The summed E-state index contributed by atoms with van der Waals surface area (Å²) in [4.78, 5) is 72.7. The maximum Gasteiger partial charge on any atom is 0.472 e. The van der Waals surface area contributed by atoms with Gasteiger partial charge in [0.25, 0.3) is 0 Å². The van der Waals surface area contributed by atoms with Crippen LogP contribution in [-0.2, 0) is 65.4 Å². The number of phosphoric acid groups is 2. The van der Waals surface area contributed by atoms with Crippen LogP contribution in [0.1, 0.15) is 285 Å². The van der Waals surface area contributed by atoms with Crippen LogP contribution in [-0.4, -0.2) is 96.7 Å². The van der Waals surface area contributed by atoms with E-state index in [1.807, 2.05) is 12.2 Å². The van der Waals surface area contributed by atoms with Gasteiger partial charge in [0.2, 0.25) is 0 Å². The van der Waals surface area contributed by atoms with Gasteiger partial charge in [0.05, 0.1) is 26.4 Å². The zero-order valence-corrected chi connectivity index (χ0v) is 62.7. The van der Waals surface area contributed by atoms with Crippen LogP contribution >= 0.6 is 15.6 Å². The molecule has 0 fully saturated rings. The van der Waals surface area contributed by atoms with E-state index >= 15 is 0 Å². The molecule has 0 aromatic rings. The highest BCUT2D eigenvalue weighted by molar-refractivity contribution is 7.47. The summed E-state index contributed by atoms with van der Waals surface area (Å²) in [5.41, 5.74) is 0. The smallest absolute Gasteiger partial charge is 0.462 e. The van der Waals surface area contributed by atoms with Gasteiger partial charge in [-0.3, -0.25) is 37.3 Å². The maximum absolute atomic E-state index is 13.1. The highest BCUT2D eigenvalue weighted by Gasteiger charge is 2.30. The lowest BCUT2D eigenvalue weighted by Gasteiger charge is -2.21. The summed E-state index contributed by atoms with van der Waals surface area (Å²) >= 11 is 0. The van der Waals surface area contributed by atoms with Crippen LogP contribution in [0.25, 0.3) is 0 Å². The summed E-state index contributed by atoms with van der Waals surface area (Å²) in [7, 11) is -9.97. The molecule has 0 aliphatic rings. The van der Waals surface area contributed by atoms with Crippen molar-refractivity contribution >= 4 is 39.5 Å². The molecule has 5 unspecified atom stereocenters. The van der Waals surface area contributed by atoms with Crippen molar-refractivity contribution < 1.29 is 80.2 Å². The molecule has 17 nitrogen and oxygen atoms in total. The van der Waals surface area contributed by atoms with Gasteiger partial charge in [-0.15, -0.1) is 0 Å². The molecular formula is C79H132O17P2. The Morgan fingerprint density at radius 3 is 0.898 bits per heavy atom. The molecule has 0 amide bonds. The zero-order chi connectivity index (χ0) is 71.8. The topological polar surface area (TPSA) is 237 Å². The normalized spacial score (nSPS) is 14.7. The van der Waals surface area contributed by atoms with E-state index in [4.69, 9.17) is 37.0 Å². The summed E-state index contributed by atoms with van der Waals surface area (Å²) in [6, 6.07) is 0. The third-order valence-electron chi connectivity index (χ3n) is 15.1. The van der Waals surface area contributed by atoms with Crippen molar-refractivity contribution in [3.05, 3.63) is 134 Å². The molecule has 0 heterocycles. The minimum absolute atomic E-state index is 0.0510. The SMILES string of the molecule is CC/C=C\C/C=C\C/C=C\C/C=C\C/C=C\CCCC(=O)OCC(COP(=O)(O)OCC(O)COP(=O)(O)OCC(COC(=O)CCCCCCC/C=C\C/C=C\CCC)OC(=O)CCCCCCCCCCCCC)OC(=O)CCCCCC/C=C\C/C=C\C/C=C\C/C=C\CC. The molecule has 19 heteroatoms. The Hall–Kier alpha value is -4.80. The lowest BCUT2D eigenvalue weighted by atomic mass is 10.1. The van der Waals surface area contributed by atoms with Gasteiger partial charge in [0, 0.05) is 25.7 Å². The number of carbonyl (C=O) groups is 4. The number of carbonyl (C=O) groups excluding carboxylic acids is 4. The first-order chi connectivity index (χ1) is 47.7. The van der Waals surface area contributed by atoms with E-state index in [2.05, 4.69) is 149 Å². The molecule has 0 rings (SSSR count). The molecule has 0 saturated heterocycles. The third kappa shape index (κ3) is 69.7. The molecular weight excluding hydrogens is 1280 g/mol. The summed E-state index contributed by atoms with van der Waals surface area (Å²) < 4.78 is 68.3. The van der Waals surface area contributed by atoms with Gasteiger partial charge in [-0.1, -0.05) is 264 Å². The minimum Gasteiger partial charge on any atom is -0.462 e. The Kier molecular flexibility index (Phi) is 67.2. The van der Waals surface area contributed by atoms with E-state index in [1.54, 1.807) is 0 Å². The Bertz CT molecular complexity index is 2380. The fourth-order valence-electron chi connectivity index (χ4n) is 9.46. The van der Waals surface area contributed by atoms with Crippen LogP contribution in [0.3, 0.4) is 0 Å². The van der Waals surface area contributed by atoms with Gasteiger partial charge >= 0.3 is 39.5 Å². The van der Waals surface area contributed by atoms with Crippen molar-refractivity contribution in [2.24, 2.45) is 0 Å². The Labute approximate surface area is 593 Å². The van der Waals surface area contributed by atoms with E-state index in [0.29, 0.717) is 32.1 Å². The van der Waals surface area contributed by atoms with E-state index in [0.717, 1.165) is 161 Å². The first-order valence-corrected chi connectivity index (χ1v) is 40.4. The first-order valence-electron chi connectivity index (χ1n) is 37.4. The molecule has 0 saturated carbocycles. The molecule has 0 aromatic heterocycles. The van der Waals surface area contributed by atoms with E-state index < -0.39 is 97.5 Å². The molecule has 0 aliphatic carbocycles. The standard InChI is InChI=1S/C79H132O17P2/c1-5-9-13-17-21-25-29-32-34-36-38-41-45-48-52-56-60-64-77(82)90-70-75(96-79(84)66-62-58-54-50-46-42-39-37-35-33-30-26-22-18-14-10-6-2)72-94-98(87,88)92-68-73(80)67-91-97(85,86)93-71-74(95-78(83)65-61-57-53-49-43-28-24-20-16-12-8-4)69-89-76(81)63-59-55-51-47-44-40-31-27-23-19-15-11-7-3/h9-10,13-15,19,21-22,25-27,31-35,38-39,41-42,48,52,73-75,80H,5-8,11-12,16-18,20,23-24,28-30,36-37,40,43-47,49-51,53-72H2,1-4H3,(H,85,86)(H,87,88)/b13-9-,14-10-,19-15-,25-21-,26-22-,31-27-,34-32-,35-33-,41-38-,42-39-,52-48-. The third-order valence-corrected chi connectivity index (χ3v) is 17.0. The molecule has 98 heavy (non-hydrogen) atoms. The number of aliphatic hydroxyl groups is 1. The number of unbranched alkanes of at least 4 members (excludes halogenated alkanes) is 21. The Balaban J connectivity index is 5.42. The monoisotopic (exact) mass is 1410 g/mol. The number of hydrogen-bond acceptors (Lipinski definition) is 15. The average Bonchev–Trinajstić information content (AvgIpc) is 0.980. The van der Waals surface area contributed by atoms with Gasteiger partial charge in [0.1, 0.15) is 19.3 Å². The first kappa shape index (κ1) is 93.2. The molecule has 0 aliphatic heterocycles. The molecule has 5 atom stereocenters. The summed E-state index contributed by atoms with van der Waals surface area (Å²) in [6.07, 6.45) is 77.4. The number of allylic oxidation sites excluding steroid dienone is 22. The van der Waals surface area contributed by atoms with Gasteiger partial charge in [-0.2, -0.15) is 0 Å². The highest BCUT2D eigenvalue weighted by atomic mass is 31.2. The van der Waals surface area contributed by atoms with E-state index in [1.165, 1.54) is 38.5 Å². The number of hydrogen-bond donors (Lipinski definition) is 3. The molecule has 0 aromatic carbocycles. The van der Waals surface area contributed by atoms with Crippen molar-refractivity contribution in [1.82, 2.24) is 0 Å². The van der Waals surface area contributed by atoms with Crippen molar-refractivity contribution in [2.45, 2.75) is 303 Å².